The van der Waals surface area contributed by atoms with Gasteiger partial charge in [-0.2, -0.15) is 0 Å². The molecule has 1 aromatic carbocycles. The molecule has 6 heteroatoms. The van der Waals surface area contributed by atoms with Gasteiger partial charge in [-0.15, -0.1) is 0 Å². The second kappa shape index (κ2) is 9.96. The lowest BCUT2D eigenvalue weighted by Gasteiger charge is -2.18. The second-order valence-corrected chi connectivity index (χ2v) is 6.43. The van der Waals surface area contributed by atoms with E-state index < -0.39 is 7.82 Å². The molecule has 0 saturated heterocycles. The summed E-state index contributed by atoms with van der Waals surface area (Å²) in [4.78, 5) is 0. The highest BCUT2D eigenvalue weighted by molar-refractivity contribution is 7.48. The number of aromatic hydroxyl groups is 1. The van der Waals surface area contributed by atoms with Crippen LogP contribution in [-0.4, -0.2) is 18.3 Å². The predicted molar refractivity (Wildman–Crippen MR) is 82.2 cm³/mol. The van der Waals surface area contributed by atoms with E-state index in [-0.39, 0.29) is 12.4 Å². The fraction of sp³-hybridized carbons (Fsp3) is 0.600. The van der Waals surface area contributed by atoms with Crippen LogP contribution in [0.4, 0.5) is 0 Å². The quantitative estimate of drug-likeness (QED) is 0.475. The van der Waals surface area contributed by atoms with Gasteiger partial charge in [-0.3, -0.25) is 13.6 Å². The van der Waals surface area contributed by atoms with Gasteiger partial charge in [0.1, 0.15) is 5.75 Å². The highest BCUT2D eigenvalue weighted by atomic mass is 31.2. The topological polar surface area (TPSA) is 65.0 Å². The fourth-order valence-corrected chi connectivity index (χ4v) is 2.74. The molecule has 0 aliphatic heterocycles. The Labute approximate surface area is 126 Å². The fourth-order valence-electron chi connectivity index (χ4n) is 1.50. The number of hydrogen-bond acceptors (Lipinski definition) is 5. The van der Waals surface area contributed by atoms with Crippen molar-refractivity contribution >= 4 is 7.82 Å². The SMILES string of the molecule is CCCCOP(=O)(OCCCC)OCc1ccc(O)cc1. The lowest BCUT2D eigenvalue weighted by atomic mass is 10.2. The Morgan fingerprint density at radius 2 is 1.48 bits per heavy atom. The Balaban J connectivity index is 2.53. The molecule has 1 rings (SSSR count). The van der Waals surface area contributed by atoms with E-state index >= 15 is 0 Å². The summed E-state index contributed by atoms with van der Waals surface area (Å²) in [7, 11) is -3.52. The van der Waals surface area contributed by atoms with E-state index in [1.165, 1.54) is 0 Å². The summed E-state index contributed by atoms with van der Waals surface area (Å²) >= 11 is 0. The van der Waals surface area contributed by atoms with Crippen LogP contribution in [0.5, 0.6) is 5.75 Å². The maximum atomic E-state index is 12.5. The third kappa shape index (κ3) is 7.63. The van der Waals surface area contributed by atoms with Crippen LogP contribution in [0.3, 0.4) is 0 Å². The first-order valence-corrected chi connectivity index (χ1v) is 8.87. The average Bonchev–Trinajstić information content (AvgIpc) is 2.47. The number of phosphoric acid groups is 1. The van der Waals surface area contributed by atoms with Crippen molar-refractivity contribution in [3.05, 3.63) is 29.8 Å². The van der Waals surface area contributed by atoms with Gasteiger partial charge in [0, 0.05) is 0 Å². The van der Waals surface area contributed by atoms with Gasteiger partial charge in [0.25, 0.3) is 0 Å². The Bertz CT molecular complexity index is 418. The van der Waals surface area contributed by atoms with Gasteiger partial charge in [0.15, 0.2) is 0 Å². The number of phosphoric ester groups is 1. The summed E-state index contributed by atoms with van der Waals surface area (Å²) < 4.78 is 28.5. The summed E-state index contributed by atoms with van der Waals surface area (Å²) in [6, 6.07) is 6.52. The van der Waals surface area contributed by atoms with E-state index in [0.29, 0.717) is 13.2 Å². The standard InChI is InChI=1S/C15H25O5P/c1-3-5-11-18-21(17,19-12-6-4-2)20-13-14-7-9-15(16)10-8-14/h7-10,16H,3-6,11-13H2,1-2H3. The molecule has 0 unspecified atom stereocenters. The first kappa shape index (κ1) is 18.2. The van der Waals surface area contributed by atoms with Crippen molar-refractivity contribution in [1.82, 2.24) is 0 Å². The molecule has 0 amide bonds. The van der Waals surface area contributed by atoms with E-state index in [0.717, 1.165) is 31.2 Å². The monoisotopic (exact) mass is 316 g/mol. The third-order valence-electron chi connectivity index (χ3n) is 2.82. The molecule has 0 saturated carbocycles. The van der Waals surface area contributed by atoms with Gasteiger partial charge < -0.3 is 5.11 Å². The molecule has 120 valence electrons. The minimum absolute atomic E-state index is 0.121. The van der Waals surface area contributed by atoms with E-state index in [2.05, 4.69) is 0 Å². The van der Waals surface area contributed by atoms with Crippen LogP contribution in [0.25, 0.3) is 0 Å². The van der Waals surface area contributed by atoms with Crippen molar-refractivity contribution in [2.45, 2.75) is 46.1 Å². The molecular formula is C15H25O5P. The maximum Gasteiger partial charge on any atom is 0.475 e. The van der Waals surface area contributed by atoms with Crippen molar-refractivity contribution in [3.8, 4) is 5.75 Å². The van der Waals surface area contributed by atoms with Crippen molar-refractivity contribution in [3.63, 3.8) is 0 Å². The molecule has 0 aliphatic carbocycles. The van der Waals surface area contributed by atoms with Gasteiger partial charge in [0.05, 0.1) is 19.8 Å². The molecule has 0 radical (unpaired) electrons. The van der Waals surface area contributed by atoms with E-state index in [4.69, 9.17) is 13.6 Å². The lowest BCUT2D eigenvalue weighted by molar-refractivity contribution is 0.106. The highest BCUT2D eigenvalue weighted by Gasteiger charge is 2.26. The third-order valence-corrected chi connectivity index (χ3v) is 4.26. The van der Waals surface area contributed by atoms with Gasteiger partial charge >= 0.3 is 7.82 Å². The maximum absolute atomic E-state index is 12.5. The molecule has 0 heterocycles. The zero-order chi connectivity index (χ0) is 15.6. The first-order valence-electron chi connectivity index (χ1n) is 7.41. The molecule has 0 fully saturated rings. The van der Waals surface area contributed by atoms with E-state index in [9.17, 15) is 9.67 Å². The number of unbranched alkanes of at least 4 members (excludes halogenated alkanes) is 2. The Morgan fingerprint density at radius 1 is 0.952 bits per heavy atom. The number of rotatable bonds is 11. The zero-order valence-electron chi connectivity index (χ0n) is 12.8. The van der Waals surface area contributed by atoms with Crippen molar-refractivity contribution in [1.29, 1.82) is 0 Å². The van der Waals surface area contributed by atoms with Crippen LogP contribution < -0.4 is 0 Å². The minimum Gasteiger partial charge on any atom is -0.508 e. The van der Waals surface area contributed by atoms with Crippen molar-refractivity contribution in [2.24, 2.45) is 0 Å². The van der Waals surface area contributed by atoms with Crippen molar-refractivity contribution < 1.29 is 23.2 Å². The summed E-state index contributed by atoms with van der Waals surface area (Å²) in [5, 5.41) is 9.23. The molecule has 0 spiro atoms. The molecule has 0 aliphatic rings. The van der Waals surface area contributed by atoms with E-state index in [1.807, 2.05) is 13.8 Å². The average molecular weight is 316 g/mol. The molecule has 0 aromatic heterocycles. The van der Waals surface area contributed by atoms with Crippen LogP contribution in [0.1, 0.15) is 45.1 Å². The summed E-state index contributed by atoms with van der Waals surface area (Å²) in [5.74, 6) is 0.181. The lowest BCUT2D eigenvalue weighted by Crippen LogP contribution is -2.03. The normalized spacial score (nSPS) is 11.7. The Kier molecular flexibility index (Phi) is 8.62. The smallest absolute Gasteiger partial charge is 0.475 e. The van der Waals surface area contributed by atoms with Gasteiger partial charge in [-0.25, -0.2) is 4.57 Å². The van der Waals surface area contributed by atoms with Crippen LogP contribution >= 0.6 is 7.82 Å². The molecule has 1 N–H and O–H groups in total. The van der Waals surface area contributed by atoms with Gasteiger partial charge in [0.2, 0.25) is 0 Å². The molecule has 21 heavy (non-hydrogen) atoms. The zero-order valence-corrected chi connectivity index (χ0v) is 13.7. The Hall–Kier alpha value is -0.870. The molecule has 5 nitrogen and oxygen atoms in total. The predicted octanol–water partition coefficient (Wildman–Crippen LogP) is 4.65. The van der Waals surface area contributed by atoms with Crippen molar-refractivity contribution in [2.75, 3.05) is 13.2 Å². The number of benzene rings is 1. The highest BCUT2D eigenvalue weighted by Crippen LogP contribution is 2.50. The van der Waals surface area contributed by atoms with Crippen LogP contribution in [0, 0.1) is 0 Å². The van der Waals surface area contributed by atoms with E-state index in [1.54, 1.807) is 24.3 Å². The van der Waals surface area contributed by atoms with Crippen LogP contribution in [-0.2, 0) is 24.7 Å². The summed E-state index contributed by atoms with van der Waals surface area (Å²) in [5.41, 5.74) is 0.797. The number of phenols is 1. The second-order valence-electron chi connectivity index (χ2n) is 4.76. The summed E-state index contributed by atoms with van der Waals surface area (Å²) in [6.07, 6.45) is 3.52. The number of hydrogen-bond donors (Lipinski definition) is 1. The minimum atomic E-state index is -3.52. The van der Waals surface area contributed by atoms with Crippen LogP contribution in [0.15, 0.2) is 24.3 Å². The Morgan fingerprint density at radius 3 is 1.95 bits per heavy atom. The molecule has 1 aromatic rings. The van der Waals surface area contributed by atoms with Gasteiger partial charge in [-0.05, 0) is 30.5 Å². The molecule has 0 bridgehead atoms. The molecular weight excluding hydrogens is 291 g/mol. The van der Waals surface area contributed by atoms with Gasteiger partial charge in [-0.1, -0.05) is 38.8 Å². The molecule has 0 atom stereocenters. The number of phenolic OH excluding ortho intramolecular Hbond substituents is 1. The summed E-state index contributed by atoms with van der Waals surface area (Å²) in [6.45, 7) is 4.90. The largest absolute Gasteiger partial charge is 0.508 e. The first-order chi connectivity index (χ1) is 10.1. The van der Waals surface area contributed by atoms with Crippen LogP contribution in [0.2, 0.25) is 0 Å².